The quantitative estimate of drug-likeness (QED) is 0.497. The number of halogens is 3. The Labute approximate surface area is 219 Å². The van der Waals surface area contributed by atoms with E-state index >= 15 is 0 Å². The van der Waals surface area contributed by atoms with Crippen LogP contribution in [0.4, 0.5) is 19.0 Å². The number of piperidine rings is 1. The molecule has 3 aromatic rings. The van der Waals surface area contributed by atoms with Gasteiger partial charge in [0.1, 0.15) is 17.2 Å². The van der Waals surface area contributed by atoms with E-state index in [0.29, 0.717) is 57.2 Å². The van der Waals surface area contributed by atoms with Gasteiger partial charge in [-0.05, 0) is 62.0 Å². The van der Waals surface area contributed by atoms with E-state index < -0.39 is 18.3 Å². The van der Waals surface area contributed by atoms with Gasteiger partial charge >= 0.3 is 6.18 Å². The number of carbonyl (C=O) groups is 1. The maximum Gasteiger partial charge on any atom is 0.401 e. The molecule has 2 aliphatic heterocycles. The molecule has 204 valence electrons. The number of amides is 1. The van der Waals surface area contributed by atoms with Crippen LogP contribution in [-0.4, -0.2) is 71.5 Å². The van der Waals surface area contributed by atoms with Crippen LogP contribution >= 0.6 is 0 Å². The van der Waals surface area contributed by atoms with Crippen LogP contribution in [0, 0.1) is 6.92 Å². The fraction of sp³-hybridized carbons (Fsp3) is 0.519. The second kappa shape index (κ2) is 10.3. The van der Waals surface area contributed by atoms with E-state index in [2.05, 4.69) is 10.3 Å². The zero-order chi connectivity index (χ0) is 27.1. The fourth-order valence-electron chi connectivity index (χ4n) is 5.58. The van der Waals surface area contributed by atoms with Crippen LogP contribution in [0.3, 0.4) is 0 Å². The molecule has 2 fully saturated rings. The van der Waals surface area contributed by atoms with Gasteiger partial charge in [0, 0.05) is 50.9 Å². The molecule has 0 radical (unpaired) electrons. The lowest BCUT2D eigenvalue weighted by Gasteiger charge is -2.32. The Morgan fingerprint density at radius 3 is 2.66 bits per heavy atom. The number of ether oxygens (including phenoxy) is 2. The van der Waals surface area contributed by atoms with E-state index in [0.717, 1.165) is 27.7 Å². The summed E-state index contributed by atoms with van der Waals surface area (Å²) in [5.41, 5.74) is 3.00. The van der Waals surface area contributed by atoms with Crippen LogP contribution in [0.1, 0.15) is 48.9 Å². The maximum atomic E-state index is 12.9. The Hall–Kier alpha value is -3.02. The van der Waals surface area contributed by atoms with Crippen LogP contribution in [0.5, 0.6) is 0 Å². The Morgan fingerprint density at radius 2 is 2.03 bits per heavy atom. The number of aryl methyl sites for hydroxylation is 1. The Morgan fingerprint density at radius 1 is 1.26 bits per heavy atom. The first-order chi connectivity index (χ1) is 18.1. The topological polar surface area (TPSA) is 81.5 Å². The van der Waals surface area contributed by atoms with Crippen LogP contribution in [0.15, 0.2) is 30.6 Å². The molecule has 0 unspecified atom stereocenters. The van der Waals surface area contributed by atoms with Crippen molar-refractivity contribution in [2.45, 2.75) is 50.8 Å². The number of nitrogens with one attached hydrogen (secondary N) is 1. The van der Waals surface area contributed by atoms with E-state index in [1.165, 1.54) is 11.8 Å². The highest BCUT2D eigenvalue weighted by Crippen LogP contribution is 2.38. The molecule has 5 heterocycles. The molecule has 1 N–H and O–H groups in total. The lowest BCUT2D eigenvalue weighted by Crippen LogP contribution is -2.39. The lowest BCUT2D eigenvalue weighted by atomic mass is 9.89. The van der Waals surface area contributed by atoms with Gasteiger partial charge in [-0.1, -0.05) is 0 Å². The van der Waals surface area contributed by atoms with Gasteiger partial charge in [-0.25, -0.2) is 9.97 Å². The van der Waals surface area contributed by atoms with Crippen LogP contribution in [-0.2, 0) is 19.9 Å². The molecule has 38 heavy (non-hydrogen) atoms. The highest BCUT2D eigenvalue weighted by atomic mass is 19.4. The first-order valence-electron chi connectivity index (χ1n) is 12.8. The number of likely N-dealkylation sites (tertiary alicyclic amines) is 1. The first-order valence-corrected chi connectivity index (χ1v) is 12.8. The van der Waals surface area contributed by atoms with Crippen molar-refractivity contribution in [3.63, 3.8) is 0 Å². The van der Waals surface area contributed by atoms with E-state index in [1.807, 2.05) is 35.9 Å². The van der Waals surface area contributed by atoms with E-state index in [9.17, 15) is 18.0 Å². The molecule has 2 aliphatic rings. The van der Waals surface area contributed by atoms with Crippen molar-refractivity contribution in [2.24, 2.45) is 0 Å². The number of hydrogen-bond donors (Lipinski definition) is 1. The van der Waals surface area contributed by atoms with E-state index in [4.69, 9.17) is 14.5 Å². The predicted octanol–water partition coefficient (Wildman–Crippen LogP) is 4.69. The van der Waals surface area contributed by atoms with Gasteiger partial charge in [0.2, 0.25) is 5.91 Å². The van der Waals surface area contributed by atoms with Crippen molar-refractivity contribution in [3.05, 3.63) is 47.4 Å². The average molecular weight is 532 g/mol. The Kier molecular flexibility index (Phi) is 7.19. The van der Waals surface area contributed by atoms with Crippen molar-refractivity contribution >= 4 is 22.6 Å². The van der Waals surface area contributed by atoms with Gasteiger partial charge < -0.3 is 19.4 Å². The van der Waals surface area contributed by atoms with E-state index in [1.54, 1.807) is 13.3 Å². The molecule has 11 heteroatoms. The standard InChI is InChI=1S/C27H32F3N5O3/c1-17-10-23(26(37-3)6-9-38-16-26)33-25(11-17)35-14-21(19-4-7-34(8-5-19)15-27(28,29)30)20-13-31-24(12-22(20)35)32-18(2)36/h10-14,19H,4-9,15-16H2,1-3H3,(H,31,32,36)/t26-/m0/s1. The molecule has 1 amide bonds. The monoisotopic (exact) mass is 531 g/mol. The van der Waals surface area contributed by atoms with Gasteiger partial charge in [-0.2, -0.15) is 13.2 Å². The van der Waals surface area contributed by atoms with Gasteiger partial charge in [-0.15, -0.1) is 0 Å². The zero-order valence-electron chi connectivity index (χ0n) is 21.8. The Balaban J connectivity index is 1.56. The second-order valence-electron chi connectivity index (χ2n) is 10.3. The molecular weight excluding hydrogens is 499 g/mol. The molecule has 0 aliphatic carbocycles. The summed E-state index contributed by atoms with van der Waals surface area (Å²) in [6.45, 7) is 4.30. The summed E-state index contributed by atoms with van der Waals surface area (Å²) in [7, 11) is 1.66. The molecule has 2 saturated heterocycles. The minimum Gasteiger partial charge on any atom is -0.378 e. The van der Waals surface area contributed by atoms with Crippen LogP contribution < -0.4 is 5.32 Å². The number of rotatable bonds is 6. The summed E-state index contributed by atoms with van der Waals surface area (Å²) in [4.78, 5) is 22.6. The summed E-state index contributed by atoms with van der Waals surface area (Å²) in [6, 6.07) is 5.80. The third kappa shape index (κ3) is 5.41. The number of anilines is 1. The predicted molar refractivity (Wildman–Crippen MR) is 136 cm³/mol. The third-order valence-electron chi connectivity index (χ3n) is 7.50. The minimum atomic E-state index is -4.20. The molecule has 3 aromatic heterocycles. The summed E-state index contributed by atoms with van der Waals surface area (Å²) < 4.78 is 52.2. The number of methoxy groups -OCH3 is 1. The van der Waals surface area contributed by atoms with E-state index in [-0.39, 0.29) is 11.8 Å². The van der Waals surface area contributed by atoms with Crippen LogP contribution in [0.2, 0.25) is 0 Å². The lowest BCUT2D eigenvalue weighted by molar-refractivity contribution is -0.147. The average Bonchev–Trinajstić information content (AvgIpc) is 3.49. The number of fused-ring (bicyclic) bond motifs is 1. The maximum absolute atomic E-state index is 12.9. The Bertz CT molecular complexity index is 1330. The fourth-order valence-corrected chi connectivity index (χ4v) is 5.58. The smallest absolute Gasteiger partial charge is 0.378 e. The van der Waals surface area contributed by atoms with Gasteiger partial charge in [-0.3, -0.25) is 9.69 Å². The van der Waals surface area contributed by atoms with Gasteiger partial charge in [0.05, 0.1) is 24.4 Å². The highest BCUT2D eigenvalue weighted by Gasteiger charge is 2.39. The first kappa shape index (κ1) is 26.6. The molecule has 5 rings (SSSR count). The molecule has 0 bridgehead atoms. The summed E-state index contributed by atoms with van der Waals surface area (Å²) >= 11 is 0. The van der Waals surface area contributed by atoms with Crippen molar-refractivity contribution in [1.29, 1.82) is 0 Å². The molecule has 0 saturated carbocycles. The zero-order valence-corrected chi connectivity index (χ0v) is 21.8. The molecule has 1 atom stereocenters. The van der Waals surface area contributed by atoms with Crippen molar-refractivity contribution < 1.29 is 27.4 Å². The van der Waals surface area contributed by atoms with Crippen LogP contribution in [0.25, 0.3) is 16.7 Å². The van der Waals surface area contributed by atoms with Gasteiger partial charge in [0.25, 0.3) is 0 Å². The third-order valence-corrected chi connectivity index (χ3v) is 7.50. The number of aromatic nitrogens is 3. The van der Waals surface area contributed by atoms with Crippen molar-refractivity contribution in [3.8, 4) is 5.82 Å². The highest BCUT2D eigenvalue weighted by molar-refractivity contribution is 5.92. The minimum absolute atomic E-state index is 0.0782. The molecule has 8 nitrogen and oxygen atoms in total. The largest absolute Gasteiger partial charge is 0.401 e. The van der Waals surface area contributed by atoms with Crippen molar-refractivity contribution in [2.75, 3.05) is 45.3 Å². The number of nitrogens with zero attached hydrogens (tertiary/aromatic N) is 4. The van der Waals surface area contributed by atoms with Crippen molar-refractivity contribution in [1.82, 2.24) is 19.4 Å². The summed E-state index contributed by atoms with van der Waals surface area (Å²) in [6.07, 6.45) is 1.46. The number of pyridine rings is 2. The van der Waals surface area contributed by atoms with Gasteiger partial charge in [0.15, 0.2) is 0 Å². The summed E-state index contributed by atoms with van der Waals surface area (Å²) in [5.74, 6) is 0.955. The normalized spacial score (nSPS) is 21.3. The summed E-state index contributed by atoms with van der Waals surface area (Å²) in [5, 5.41) is 3.63. The SMILES string of the molecule is CO[C@@]1(c2cc(C)cc(-n3cc(C4CCN(CC(F)(F)F)CC4)c4cnc(NC(C)=O)cc43)n2)CCOC1. The number of hydrogen-bond acceptors (Lipinski definition) is 6. The second-order valence-corrected chi connectivity index (χ2v) is 10.3. The molecule has 0 spiro atoms. The number of carbonyl (C=O) groups excluding carboxylic acids is 1. The molecule has 0 aromatic carbocycles. The molecular formula is C27H32F3N5O3. The number of alkyl halides is 3.